The van der Waals surface area contributed by atoms with E-state index in [1.165, 1.54) is 17.5 Å². The standard InChI is InChI=1S/C16H23NO/c1-11(2)15-10-17-7-5-14(15)12-3-4-16-13(9-12)6-8-18-16/h3-4,9,11,14-15,17H,5-8,10H2,1-2H3. The van der Waals surface area contributed by atoms with Gasteiger partial charge in [0, 0.05) is 6.42 Å². The van der Waals surface area contributed by atoms with Crippen LogP contribution in [0.25, 0.3) is 0 Å². The fourth-order valence-electron chi connectivity index (χ4n) is 3.43. The summed E-state index contributed by atoms with van der Waals surface area (Å²) in [6, 6.07) is 6.86. The molecular formula is C16H23NO. The SMILES string of the molecule is CC(C)C1CNCCC1c1ccc2c(c1)CCO2. The number of fused-ring (bicyclic) bond motifs is 1. The van der Waals surface area contributed by atoms with Gasteiger partial charge in [-0.2, -0.15) is 0 Å². The number of piperidine rings is 1. The molecule has 1 saturated heterocycles. The van der Waals surface area contributed by atoms with Gasteiger partial charge in [-0.05, 0) is 54.5 Å². The van der Waals surface area contributed by atoms with E-state index in [0.29, 0.717) is 0 Å². The second-order valence-corrected chi connectivity index (χ2v) is 5.97. The highest BCUT2D eigenvalue weighted by Crippen LogP contribution is 2.37. The van der Waals surface area contributed by atoms with Crippen LogP contribution < -0.4 is 10.1 Å². The van der Waals surface area contributed by atoms with Crippen LogP contribution in [0.2, 0.25) is 0 Å². The molecule has 1 N–H and O–H groups in total. The van der Waals surface area contributed by atoms with Crippen molar-refractivity contribution in [3.63, 3.8) is 0 Å². The van der Waals surface area contributed by atoms with Gasteiger partial charge in [-0.3, -0.25) is 0 Å². The molecule has 2 atom stereocenters. The predicted octanol–water partition coefficient (Wildman–Crippen LogP) is 2.97. The molecule has 0 spiro atoms. The maximum atomic E-state index is 5.60. The minimum atomic E-state index is 0.720. The first-order valence-corrected chi connectivity index (χ1v) is 7.22. The topological polar surface area (TPSA) is 21.3 Å². The number of benzene rings is 1. The van der Waals surface area contributed by atoms with Crippen molar-refractivity contribution in [1.82, 2.24) is 5.32 Å². The van der Waals surface area contributed by atoms with Crippen molar-refractivity contribution in [3.8, 4) is 5.75 Å². The average Bonchev–Trinajstić information content (AvgIpc) is 2.85. The van der Waals surface area contributed by atoms with Crippen molar-refractivity contribution in [2.75, 3.05) is 19.7 Å². The van der Waals surface area contributed by atoms with Gasteiger partial charge in [0.25, 0.3) is 0 Å². The summed E-state index contributed by atoms with van der Waals surface area (Å²) in [4.78, 5) is 0. The van der Waals surface area contributed by atoms with E-state index in [2.05, 4.69) is 37.4 Å². The Morgan fingerprint density at radius 2 is 2.22 bits per heavy atom. The largest absolute Gasteiger partial charge is 0.493 e. The van der Waals surface area contributed by atoms with Crippen molar-refractivity contribution in [2.24, 2.45) is 11.8 Å². The van der Waals surface area contributed by atoms with Crippen LogP contribution in [0.1, 0.15) is 37.3 Å². The lowest BCUT2D eigenvalue weighted by Gasteiger charge is -2.35. The van der Waals surface area contributed by atoms with Crippen LogP contribution in [0.5, 0.6) is 5.75 Å². The smallest absolute Gasteiger partial charge is 0.122 e. The summed E-state index contributed by atoms with van der Waals surface area (Å²) in [7, 11) is 0. The molecule has 98 valence electrons. The monoisotopic (exact) mass is 245 g/mol. The molecule has 0 aliphatic carbocycles. The molecule has 1 aromatic carbocycles. The van der Waals surface area contributed by atoms with Crippen molar-refractivity contribution in [3.05, 3.63) is 29.3 Å². The zero-order valence-corrected chi connectivity index (χ0v) is 11.4. The van der Waals surface area contributed by atoms with Crippen LogP contribution in [0, 0.1) is 11.8 Å². The van der Waals surface area contributed by atoms with E-state index in [1.807, 2.05) is 0 Å². The summed E-state index contributed by atoms with van der Waals surface area (Å²) in [5, 5.41) is 3.54. The number of hydrogen-bond donors (Lipinski definition) is 1. The molecule has 1 aromatic rings. The third-order valence-corrected chi connectivity index (χ3v) is 4.53. The Balaban J connectivity index is 1.88. The van der Waals surface area contributed by atoms with E-state index in [0.717, 1.165) is 49.6 Å². The summed E-state index contributed by atoms with van der Waals surface area (Å²) in [6.45, 7) is 7.87. The van der Waals surface area contributed by atoms with Gasteiger partial charge in [-0.25, -0.2) is 0 Å². The summed E-state index contributed by atoms with van der Waals surface area (Å²) in [5.74, 6) is 3.33. The van der Waals surface area contributed by atoms with Crippen molar-refractivity contribution in [1.29, 1.82) is 0 Å². The summed E-state index contributed by atoms with van der Waals surface area (Å²) in [6.07, 6.45) is 2.35. The molecule has 2 aliphatic rings. The molecule has 0 saturated carbocycles. The molecular weight excluding hydrogens is 222 g/mol. The number of hydrogen-bond acceptors (Lipinski definition) is 2. The Morgan fingerprint density at radius 3 is 3.06 bits per heavy atom. The number of ether oxygens (including phenoxy) is 1. The highest BCUT2D eigenvalue weighted by molar-refractivity contribution is 5.41. The molecule has 0 bridgehead atoms. The normalized spacial score (nSPS) is 27.1. The first-order chi connectivity index (χ1) is 8.75. The van der Waals surface area contributed by atoms with Gasteiger partial charge in [-0.15, -0.1) is 0 Å². The van der Waals surface area contributed by atoms with E-state index in [-0.39, 0.29) is 0 Å². The Morgan fingerprint density at radius 1 is 1.33 bits per heavy atom. The Hall–Kier alpha value is -1.02. The zero-order valence-electron chi connectivity index (χ0n) is 11.4. The minimum Gasteiger partial charge on any atom is -0.493 e. The molecule has 18 heavy (non-hydrogen) atoms. The third-order valence-electron chi connectivity index (χ3n) is 4.53. The van der Waals surface area contributed by atoms with E-state index >= 15 is 0 Å². The van der Waals surface area contributed by atoms with Crippen molar-refractivity contribution < 1.29 is 4.74 Å². The van der Waals surface area contributed by atoms with E-state index in [4.69, 9.17) is 4.74 Å². The molecule has 2 aliphatic heterocycles. The fourth-order valence-corrected chi connectivity index (χ4v) is 3.43. The van der Waals surface area contributed by atoms with Gasteiger partial charge >= 0.3 is 0 Å². The van der Waals surface area contributed by atoms with Crippen molar-refractivity contribution >= 4 is 0 Å². The molecule has 2 unspecified atom stereocenters. The van der Waals surface area contributed by atoms with Crippen LogP contribution in [0.15, 0.2) is 18.2 Å². The van der Waals surface area contributed by atoms with E-state index in [1.54, 1.807) is 0 Å². The van der Waals surface area contributed by atoms with Crippen LogP contribution in [0.4, 0.5) is 0 Å². The number of nitrogens with one attached hydrogen (secondary N) is 1. The third kappa shape index (κ3) is 2.14. The highest BCUT2D eigenvalue weighted by atomic mass is 16.5. The first kappa shape index (κ1) is 12.0. The summed E-state index contributed by atoms with van der Waals surface area (Å²) < 4.78 is 5.60. The lowest BCUT2D eigenvalue weighted by molar-refractivity contribution is 0.255. The maximum absolute atomic E-state index is 5.60. The molecule has 2 heteroatoms. The van der Waals surface area contributed by atoms with E-state index in [9.17, 15) is 0 Å². The van der Waals surface area contributed by atoms with E-state index < -0.39 is 0 Å². The maximum Gasteiger partial charge on any atom is 0.122 e. The molecule has 3 rings (SSSR count). The van der Waals surface area contributed by atoms with Gasteiger partial charge in [0.1, 0.15) is 5.75 Å². The van der Waals surface area contributed by atoms with Gasteiger partial charge < -0.3 is 10.1 Å². The Bertz CT molecular complexity index is 427. The van der Waals surface area contributed by atoms with Crippen LogP contribution >= 0.6 is 0 Å². The molecule has 0 radical (unpaired) electrons. The van der Waals surface area contributed by atoms with Crippen LogP contribution in [0.3, 0.4) is 0 Å². The van der Waals surface area contributed by atoms with Gasteiger partial charge in [-0.1, -0.05) is 26.0 Å². The van der Waals surface area contributed by atoms with Crippen LogP contribution in [-0.4, -0.2) is 19.7 Å². The molecule has 0 aromatic heterocycles. The minimum absolute atomic E-state index is 0.720. The Labute approximate surface area is 110 Å². The lowest BCUT2D eigenvalue weighted by atomic mass is 9.75. The fraction of sp³-hybridized carbons (Fsp3) is 0.625. The lowest BCUT2D eigenvalue weighted by Crippen LogP contribution is -2.38. The zero-order chi connectivity index (χ0) is 12.5. The van der Waals surface area contributed by atoms with Gasteiger partial charge in [0.2, 0.25) is 0 Å². The van der Waals surface area contributed by atoms with Gasteiger partial charge in [0.15, 0.2) is 0 Å². The predicted molar refractivity (Wildman–Crippen MR) is 74.2 cm³/mol. The van der Waals surface area contributed by atoms with Crippen LogP contribution in [-0.2, 0) is 6.42 Å². The summed E-state index contributed by atoms with van der Waals surface area (Å²) >= 11 is 0. The summed E-state index contributed by atoms with van der Waals surface area (Å²) in [5.41, 5.74) is 2.94. The average molecular weight is 245 g/mol. The quantitative estimate of drug-likeness (QED) is 0.865. The molecule has 2 nitrogen and oxygen atoms in total. The van der Waals surface area contributed by atoms with Crippen molar-refractivity contribution in [2.45, 2.75) is 32.6 Å². The highest BCUT2D eigenvalue weighted by Gasteiger charge is 2.29. The van der Waals surface area contributed by atoms with Gasteiger partial charge in [0.05, 0.1) is 6.61 Å². The second kappa shape index (κ2) is 4.93. The molecule has 0 amide bonds. The first-order valence-electron chi connectivity index (χ1n) is 7.22. The number of rotatable bonds is 2. The Kier molecular flexibility index (Phi) is 3.29. The second-order valence-electron chi connectivity index (χ2n) is 5.97. The molecule has 2 heterocycles. The molecule has 1 fully saturated rings.